The third-order valence-electron chi connectivity index (χ3n) is 5.84. The number of amides is 2. The third kappa shape index (κ3) is 4.33. The summed E-state index contributed by atoms with van der Waals surface area (Å²) in [4.78, 5) is 38.0. The number of hydrogen-bond donors (Lipinski definition) is 2. The van der Waals surface area contributed by atoms with E-state index in [9.17, 15) is 22.8 Å². The van der Waals surface area contributed by atoms with Gasteiger partial charge in [0.2, 0.25) is 10.0 Å². The molecule has 0 bridgehead atoms. The largest absolute Gasteiger partial charge is 0.345 e. The Balaban J connectivity index is 1.53. The summed E-state index contributed by atoms with van der Waals surface area (Å²) in [5.41, 5.74) is 4.34. The van der Waals surface area contributed by atoms with Gasteiger partial charge in [-0.15, -0.1) is 0 Å². The van der Waals surface area contributed by atoms with Crippen LogP contribution in [0.15, 0.2) is 46.2 Å². The molecule has 1 aliphatic rings. The van der Waals surface area contributed by atoms with Crippen LogP contribution in [0.4, 0.5) is 0 Å². The average Bonchev–Trinajstić information content (AvgIpc) is 3.26. The Morgan fingerprint density at radius 3 is 2.35 bits per heavy atom. The van der Waals surface area contributed by atoms with E-state index >= 15 is 0 Å². The number of sulfonamides is 1. The molecule has 0 spiro atoms. The normalized spacial score (nSPS) is 14.8. The molecule has 3 heterocycles. The minimum Gasteiger partial charge on any atom is -0.345 e. The number of nitrogens with one attached hydrogen (secondary N) is 2. The van der Waals surface area contributed by atoms with Crippen molar-refractivity contribution in [2.45, 2.75) is 37.6 Å². The molecule has 1 fully saturated rings. The fraction of sp³-hybridized carbons (Fsp3) is 0.364. The molecule has 11 nitrogen and oxygen atoms in total. The summed E-state index contributed by atoms with van der Waals surface area (Å²) in [6, 6.07) is 7.88. The molecule has 12 heteroatoms. The van der Waals surface area contributed by atoms with Crippen molar-refractivity contribution in [1.82, 2.24) is 29.5 Å². The van der Waals surface area contributed by atoms with Gasteiger partial charge in [-0.3, -0.25) is 25.2 Å². The van der Waals surface area contributed by atoms with Crippen molar-refractivity contribution in [3.8, 4) is 0 Å². The van der Waals surface area contributed by atoms with Crippen LogP contribution >= 0.6 is 0 Å². The molecule has 1 saturated heterocycles. The summed E-state index contributed by atoms with van der Waals surface area (Å²) >= 11 is 0. The van der Waals surface area contributed by atoms with Gasteiger partial charge in [-0.1, -0.05) is 24.6 Å². The summed E-state index contributed by atoms with van der Waals surface area (Å²) < 4.78 is 29.8. The van der Waals surface area contributed by atoms with Gasteiger partial charge in [0, 0.05) is 38.3 Å². The Labute approximate surface area is 196 Å². The average molecular weight is 487 g/mol. The number of nitrogens with zero attached hydrogens (tertiary/aromatic N) is 4. The van der Waals surface area contributed by atoms with Gasteiger partial charge in [0.1, 0.15) is 10.6 Å². The third-order valence-corrected chi connectivity index (χ3v) is 7.70. The van der Waals surface area contributed by atoms with E-state index in [-0.39, 0.29) is 28.4 Å². The number of carbonyl (C=O) groups is 2. The summed E-state index contributed by atoms with van der Waals surface area (Å²) in [6.45, 7) is 2.91. The van der Waals surface area contributed by atoms with Crippen LogP contribution in [-0.4, -0.2) is 52.0 Å². The van der Waals surface area contributed by atoms with Crippen molar-refractivity contribution in [3.05, 3.63) is 58.3 Å². The Bertz CT molecular complexity index is 1420. The van der Waals surface area contributed by atoms with Crippen LogP contribution in [0.5, 0.6) is 0 Å². The van der Waals surface area contributed by atoms with E-state index in [1.54, 1.807) is 38.2 Å². The van der Waals surface area contributed by atoms with E-state index in [2.05, 4.69) is 16.0 Å². The molecular weight excluding hydrogens is 460 g/mol. The Hall–Kier alpha value is -3.51. The van der Waals surface area contributed by atoms with Crippen LogP contribution in [0, 0.1) is 0 Å². The SMILES string of the molecule is CCn1nc(C(=O)NNC(=O)c2cc(S(=O)(=O)N3CCCCC3)cn2C)c2ccccc2c1=O. The minimum absolute atomic E-state index is 0.0161. The highest BCUT2D eigenvalue weighted by atomic mass is 32.2. The highest BCUT2D eigenvalue weighted by molar-refractivity contribution is 7.89. The first-order chi connectivity index (χ1) is 16.2. The molecule has 2 amide bonds. The number of piperidine rings is 1. The lowest BCUT2D eigenvalue weighted by Gasteiger charge is -2.25. The lowest BCUT2D eigenvalue weighted by Crippen LogP contribution is -2.43. The van der Waals surface area contributed by atoms with E-state index in [1.165, 1.54) is 25.8 Å². The predicted molar refractivity (Wildman–Crippen MR) is 125 cm³/mol. The fourth-order valence-corrected chi connectivity index (χ4v) is 5.60. The zero-order valence-electron chi connectivity index (χ0n) is 18.9. The molecule has 1 aromatic carbocycles. The molecule has 0 aliphatic carbocycles. The van der Waals surface area contributed by atoms with Gasteiger partial charge in [0.05, 0.1) is 5.39 Å². The van der Waals surface area contributed by atoms with Crippen molar-refractivity contribution in [1.29, 1.82) is 0 Å². The molecule has 0 radical (unpaired) electrons. The molecule has 180 valence electrons. The van der Waals surface area contributed by atoms with Crippen molar-refractivity contribution < 1.29 is 18.0 Å². The number of aryl methyl sites for hydroxylation is 2. The minimum atomic E-state index is -3.70. The van der Waals surface area contributed by atoms with Gasteiger partial charge in [0.15, 0.2) is 5.69 Å². The summed E-state index contributed by atoms with van der Waals surface area (Å²) in [7, 11) is -2.15. The van der Waals surface area contributed by atoms with Crippen LogP contribution < -0.4 is 16.4 Å². The fourth-order valence-electron chi connectivity index (χ4n) is 4.01. The molecule has 3 aromatic rings. The first-order valence-corrected chi connectivity index (χ1v) is 12.4. The Morgan fingerprint density at radius 2 is 1.68 bits per heavy atom. The highest BCUT2D eigenvalue weighted by Crippen LogP contribution is 2.22. The summed E-state index contributed by atoms with van der Waals surface area (Å²) in [5, 5.41) is 4.82. The molecule has 0 saturated carbocycles. The number of rotatable bonds is 5. The molecule has 2 aromatic heterocycles. The van der Waals surface area contributed by atoms with Crippen molar-refractivity contribution >= 4 is 32.6 Å². The monoisotopic (exact) mass is 486 g/mol. The van der Waals surface area contributed by atoms with Crippen LogP contribution in [0.2, 0.25) is 0 Å². The maximum atomic E-state index is 12.9. The van der Waals surface area contributed by atoms with E-state index in [1.807, 2.05) is 0 Å². The van der Waals surface area contributed by atoms with Gasteiger partial charge < -0.3 is 4.57 Å². The molecule has 4 rings (SSSR count). The van der Waals surface area contributed by atoms with E-state index in [0.717, 1.165) is 19.3 Å². The number of carbonyl (C=O) groups excluding carboxylic acids is 2. The van der Waals surface area contributed by atoms with Crippen molar-refractivity contribution in [2.75, 3.05) is 13.1 Å². The number of fused-ring (bicyclic) bond motifs is 1. The highest BCUT2D eigenvalue weighted by Gasteiger charge is 2.28. The molecule has 34 heavy (non-hydrogen) atoms. The summed E-state index contributed by atoms with van der Waals surface area (Å²) in [5.74, 6) is -1.40. The Morgan fingerprint density at radius 1 is 1.03 bits per heavy atom. The molecule has 1 aliphatic heterocycles. The number of hydrazine groups is 1. The van der Waals surface area contributed by atoms with E-state index in [0.29, 0.717) is 23.9 Å². The van der Waals surface area contributed by atoms with Gasteiger partial charge >= 0.3 is 0 Å². The number of hydrogen-bond acceptors (Lipinski definition) is 6. The van der Waals surface area contributed by atoms with Gasteiger partial charge in [-0.25, -0.2) is 13.1 Å². The van der Waals surface area contributed by atoms with Gasteiger partial charge in [-0.2, -0.15) is 9.40 Å². The first kappa shape index (κ1) is 23.6. The number of benzene rings is 1. The van der Waals surface area contributed by atoms with Crippen LogP contribution in [0.1, 0.15) is 47.2 Å². The van der Waals surface area contributed by atoms with Gasteiger partial charge in [0.25, 0.3) is 17.4 Å². The smallest absolute Gasteiger partial charge is 0.290 e. The first-order valence-electron chi connectivity index (χ1n) is 11.0. The zero-order valence-corrected chi connectivity index (χ0v) is 19.8. The second kappa shape index (κ2) is 9.39. The lowest BCUT2D eigenvalue weighted by atomic mass is 10.1. The topological polar surface area (TPSA) is 135 Å². The standard InChI is InChI=1S/C22H26N6O5S/c1-3-28-22(31)17-10-6-5-9-16(17)19(25-28)21(30)24-23-20(29)18-13-15(14-26(18)2)34(32,33)27-11-7-4-8-12-27/h5-6,9-10,13-14H,3-4,7-8,11-12H2,1-2H3,(H,23,29)(H,24,30). The lowest BCUT2D eigenvalue weighted by molar-refractivity contribution is 0.0839. The van der Waals surface area contributed by atoms with Crippen molar-refractivity contribution in [3.63, 3.8) is 0 Å². The Kier molecular flexibility index (Phi) is 6.53. The summed E-state index contributed by atoms with van der Waals surface area (Å²) in [6.07, 6.45) is 3.99. The maximum absolute atomic E-state index is 12.9. The van der Waals surface area contributed by atoms with E-state index in [4.69, 9.17) is 0 Å². The molecule has 0 atom stereocenters. The van der Waals surface area contributed by atoms with Crippen LogP contribution in [-0.2, 0) is 23.6 Å². The number of aromatic nitrogens is 3. The maximum Gasteiger partial charge on any atom is 0.290 e. The van der Waals surface area contributed by atoms with Crippen molar-refractivity contribution in [2.24, 2.45) is 7.05 Å². The second-order valence-corrected chi connectivity index (χ2v) is 10.00. The molecule has 2 N–H and O–H groups in total. The quantitative estimate of drug-likeness (QED) is 0.517. The molecular formula is C22H26N6O5S. The predicted octanol–water partition coefficient (Wildman–Crippen LogP) is 1.00. The molecule has 0 unspecified atom stereocenters. The van der Waals surface area contributed by atoms with Crippen LogP contribution in [0.3, 0.4) is 0 Å². The van der Waals surface area contributed by atoms with Crippen LogP contribution in [0.25, 0.3) is 10.8 Å². The van der Waals surface area contributed by atoms with Gasteiger partial charge in [-0.05, 0) is 31.9 Å². The van der Waals surface area contributed by atoms with E-state index < -0.39 is 21.8 Å². The zero-order chi connectivity index (χ0) is 24.5. The second-order valence-electron chi connectivity index (χ2n) is 8.06.